The van der Waals surface area contributed by atoms with Gasteiger partial charge in [-0.2, -0.15) is 0 Å². The summed E-state index contributed by atoms with van der Waals surface area (Å²) in [6, 6.07) is 8.13. The van der Waals surface area contributed by atoms with Crippen molar-refractivity contribution in [2.24, 2.45) is 5.92 Å². The van der Waals surface area contributed by atoms with Gasteiger partial charge in [-0.25, -0.2) is 4.79 Å². The Bertz CT molecular complexity index is 627. The lowest BCUT2D eigenvalue weighted by atomic mass is 9.99. The molecule has 1 saturated heterocycles. The largest absolute Gasteiger partial charge is 0.467 e. The minimum atomic E-state index is -0.555. The van der Waals surface area contributed by atoms with E-state index >= 15 is 0 Å². The van der Waals surface area contributed by atoms with Crippen LogP contribution in [0.3, 0.4) is 0 Å². The number of rotatable bonds is 8. The molecule has 1 amide bonds. The molecule has 3 N–H and O–H groups in total. The maximum Gasteiger partial charge on any atom is 0.328 e. The number of ether oxygens (including phenoxy) is 1. The lowest BCUT2D eigenvalue weighted by Crippen LogP contribution is -3.28. The van der Waals surface area contributed by atoms with Crippen molar-refractivity contribution >= 4 is 11.9 Å². The van der Waals surface area contributed by atoms with E-state index in [1.807, 2.05) is 13.8 Å². The fourth-order valence-electron chi connectivity index (χ4n) is 3.67. The first-order valence-electron chi connectivity index (χ1n) is 10.0. The third kappa shape index (κ3) is 6.63. The molecule has 6 nitrogen and oxygen atoms in total. The number of esters is 1. The predicted octanol–water partition coefficient (Wildman–Crippen LogP) is -1.02. The van der Waals surface area contributed by atoms with Crippen LogP contribution in [0.4, 0.5) is 0 Å². The lowest BCUT2D eigenvalue weighted by Gasteiger charge is -2.30. The first-order chi connectivity index (χ1) is 12.9. The minimum Gasteiger partial charge on any atom is -0.467 e. The zero-order chi connectivity index (χ0) is 19.8. The molecule has 0 aromatic heterocycles. The lowest BCUT2D eigenvalue weighted by molar-refractivity contribution is -1.02. The maximum absolute atomic E-state index is 12.4. The van der Waals surface area contributed by atoms with Crippen molar-refractivity contribution in [2.45, 2.75) is 39.8 Å². The second-order valence-corrected chi connectivity index (χ2v) is 7.80. The van der Waals surface area contributed by atoms with E-state index < -0.39 is 6.04 Å². The number of hydrogen-bond acceptors (Lipinski definition) is 3. The number of quaternary nitrogens is 2. The van der Waals surface area contributed by atoms with Crippen LogP contribution in [0.5, 0.6) is 0 Å². The second-order valence-electron chi connectivity index (χ2n) is 7.80. The predicted molar refractivity (Wildman–Crippen MR) is 105 cm³/mol. The summed E-state index contributed by atoms with van der Waals surface area (Å²) in [4.78, 5) is 27.2. The molecular formula is C21H35N3O3+2. The molecule has 1 aromatic carbocycles. The number of piperazine rings is 1. The summed E-state index contributed by atoms with van der Waals surface area (Å²) in [5.41, 5.74) is 2.68. The molecule has 0 spiro atoms. The Kier molecular flexibility index (Phi) is 8.25. The number of carbonyl (C=O) groups excluding carboxylic acids is 2. The van der Waals surface area contributed by atoms with Crippen LogP contribution in [0.25, 0.3) is 0 Å². The Morgan fingerprint density at radius 3 is 2.44 bits per heavy atom. The fraction of sp³-hybridized carbons (Fsp3) is 0.619. The molecule has 0 radical (unpaired) electrons. The normalized spacial score (nSPS) is 21.9. The van der Waals surface area contributed by atoms with Crippen LogP contribution in [0.1, 0.15) is 31.4 Å². The van der Waals surface area contributed by atoms with Crippen LogP contribution in [-0.2, 0) is 20.9 Å². The number of nitrogens with one attached hydrogen (secondary N) is 3. The summed E-state index contributed by atoms with van der Waals surface area (Å²) < 4.78 is 4.84. The van der Waals surface area contributed by atoms with E-state index in [1.54, 1.807) is 4.90 Å². The average Bonchev–Trinajstić information content (AvgIpc) is 2.66. The topological polar surface area (TPSA) is 64.3 Å². The molecule has 1 heterocycles. The molecule has 0 bridgehead atoms. The van der Waals surface area contributed by atoms with Crippen LogP contribution in [0, 0.1) is 12.8 Å². The summed E-state index contributed by atoms with van der Waals surface area (Å²) in [7, 11) is 1.37. The van der Waals surface area contributed by atoms with Crippen molar-refractivity contribution in [3.8, 4) is 0 Å². The van der Waals surface area contributed by atoms with Crippen LogP contribution in [0.2, 0.25) is 0 Å². The van der Waals surface area contributed by atoms with Crippen molar-refractivity contribution in [1.29, 1.82) is 0 Å². The van der Waals surface area contributed by atoms with E-state index in [0.717, 1.165) is 39.1 Å². The van der Waals surface area contributed by atoms with Gasteiger partial charge >= 0.3 is 5.97 Å². The zero-order valence-electron chi connectivity index (χ0n) is 17.1. The molecule has 1 aromatic rings. The molecule has 1 fully saturated rings. The molecule has 2 atom stereocenters. The molecule has 0 aliphatic carbocycles. The summed E-state index contributed by atoms with van der Waals surface area (Å²) >= 11 is 0. The van der Waals surface area contributed by atoms with E-state index in [4.69, 9.17) is 4.74 Å². The summed E-state index contributed by atoms with van der Waals surface area (Å²) in [6.45, 7) is 11.6. The summed E-state index contributed by atoms with van der Waals surface area (Å²) in [5, 5.41) is 2.88. The van der Waals surface area contributed by atoms with E-state index in [2.05, 4.69) is 36.5 Å². The van der Waals surface area contributed by atoms with Crippen molar-refractivity contribution in [1.82, 2.24) is 5.32 Å². The quantitative estimate of drug-likeness (QED) is 0.509. The van der Waals surface area contributed by atoms with Gasteiger partial charge in [0.2, 0.25) is 0 Å². The van der Waals surface area contributed by atoms with Crippen molar-refractivity contribution in [2.75, 3.05) is 39.8 Å². The van der Waals surface area contributed by atoms with E-state index in [-0.39, 0.29) is 17.8 Å². The Balaban J connectivity index is 1.78. The van der Waals surface area contributed by atoms with Crippen LogP contribution in [0.15, 0.2) is 24.3 Å². The molecule has 0 saturated carbocycles. The van der Waals surface area contributed by atoms with Gasteiger partial charge in [0.05, 0.1) is 7.11 Å². The van der Waals surface area contributed by atoms with Crippen LogP contribution >= 0.6 is 0 Å². The summed E-state index contributed by atoms with van der Waals surface area (Å²) in [6.07, 6.45) is 0.813. The van der Waals surface area contributed by atoms with E-state index in [0.29, 0.717) is 6.54 Å². The molecule has 27 heavy (non-hydrogen) atoms. The van der Waals surface area contributed by atoms with Crippen molar-refractivity contribution < 1.29 is 24.1 Å². The van der Waals surface area contributed by atoms with Gasteiger partial charge in [-0.15, -0.1) is 0 Å². The van der Waals surface area contributed by atoms with Crippen molar-refractivity contribution in [3.63, 3.8) is 0 Å². The third-order valence-corrected chi connectivity index (χ3v) is 5.60. The standard InChI is InChI=1S/C21H33N3O3/c1-5-17(3)20(21(26)27-4)22-19(25)15-24-11-9-23(10-12-24)14-18-8-6-7-16(2)13-18/h6-8,13,17,20H,5,9-12,14-15H2,1-4H3,(H,22,25)/p+2/t17-,20-/m1/s1. The molecule has 1 aliphatic rings. The Morgan fingerprint density at radius 2 is 1.85 bits per heavy atom. The number of hydrogen-bond donors (Lipinski definition) is 3. The Morgan fingerprint density at radius 1 is 1.19 bits per heavy atom. The van der Waals surface area contributed by atoms with Gasteiger partial charge < -0.3 is 19.9 Å². The number of aryl methyl sites for hydroxylation is 1. The fourth-order valence-corrected chi connectivity index (χ4v) is 3.67. The Labute approximate surface area is 162 Å². The molecule has 2 rings (SSSR count). The zero-order valence-corrected chi connectivity index (χ0v) is 17.1. The number of carbonyl (C=O) groups is 2. The number of methoxy groups -OCH3 is 1. The van der Waals surface area contributed by atoms with Gasteiger partial charge in [-0.1, -0.05) is 50.1 Å². The SMILES string of the molecule is CC[C@@H](C)[C@@H](NC(=O)C[NH+]1CC[NH+](Cc2cccc(C)c2)CC1)C(=O)OC. The van der Waals surface area contributed by atoms with Gasteiger partial charge in [0, 0.05) is 5.56 Å². The van der Waals surface area contributed by atoms with Crippen LogP contribution in [-0.4, -0.2) is 57.8 Å². The van der Waals surface area contributed by atoms with Crippen LogP contribution < -0.4 is 15.1 Å². The van der Waals surface area contributed by atoms with E-state index in [1.165, 1.54) is 23.1 Å². The van der Waals surface area contributed by atoms with Gasteiger partial charge in [0.15, 0.2) is 6.54 Å². The smallest absolute Gasteiger partial charge is 0.328 e. The highest BCUT2D eigenvalue weighted by molar-refractivity contribution is 5.85. The minimum absolute atomic E-state index is 0.0621. The third-order valence-electron chi connectivity index (χ3n) is 5.60. The first kappa shape index (κ1) is 21.4. The molecular weight excluding hydrogens is 342 g/mol. The first-order valence-corrected chi connectivity index (χ1v) is 10.0. The van der Waals surface area contributed by atoms with Gasteiger partial charge in [0.25, 0.3) is 5.91 Å². The molecule has 150 valence electrons. The maximum atomic E-state index is 12.4. The highest BCUT2D eigenvalue weighted by Gasteiger charge is 2.30. The van der Waals surface area contributed by atoms with Gasteiger partial charge in [-0.05, 0) is 12.8 Å². The monoisotopic (exact) mass is 377 g/mol. The Hall–Kier alpha value is -1.92. The van der Waals surface area contributed by atoms with Gasteiger partial charge in [0.1, 0.15) is 38.8 Å². The highest BCUT2D eigenvalue weighted by Crippen LogP contribution is 2.08. The summed E-state index contributed by atoms with van der Waals surface area (Å²) in [5.74, 6) is -0.366. The number of amides is 1. The average molecular weight is 378 g/mol. The van der Waals surface area contributed by atoms with Crippen molar-refractivity contribution in [3.05, 3.63) is 35.4 Å². The molecule has 0 unspecified atom stereocenters. The van der Waals surface area contributed by atoms with E-state index in [9.17, 15) is 9.59 Å². The molecule has 1 aliphatic heterocycles. The molecule has 6 heteroatoms. The number of benzene rings is 1. The second kappa shape index (κ2) is 10.4. The van der Waals surface area contributed by atoms with Gasteiger partial charge in [-0.3, -0.25) is 4.79 Å². The highest BCUT2D eigenvalue weighted by atomic mass is 16.5.